The highest BCUT2D eigenvalue weighted by Crippen LogP contribution is 2.14. The molecule has 1 aromatic carbocycles. The summed E-state index contributed by atoms with van der Waals surface area (Å²) in [5.41, 5.74) is 2.10. The molecule has 0 fully saturated rings. The Labute approximate surface area is 117 Å². The lowest BCUT2D eigenvalue weighted by molar-refractivity contribution is 0.708. The van der Waals surface area contributed by atoms with Gasteiger partial charge >= 0.3 is 0 Å². The monoisotopic (exact) mass is 267 g/mol. The molecule has 0 spiro atoms. The molecule has 5 heteroatoms. The van der Waals surface area contributed by atoms with Crippen molar-refractivity contribution in [2.24, 2.45) is 0 Å². The molecule has 0 unspecified atom stereocenters. The second kappa shape index (κ2) is 5.61. The second-order valence-corrected chi connectivity index (χ2v) is 4.48. The summed E-state index contributed by atoms with van der Waals surface area (Å²) in [6.45, 7) is 3.76. The third-order valence-corrected chi connectivity index (χ3v) is 3.21. The fraction of sp³-hybridized carbons (Fsp3) is 0.200. The van der Waals surface area contributed by atoms with E-state index >= 15 is 0 Å². The number of imidazole rings is 1. The van der Waals surface area contributed by atoms with E-state index < -0.39 is 0 Å². The molecular weight excluding hydrogens is 250 g/mol. The maximum atomic E-state index is 4.36. The average Bonchev–Trinajstić information content (AvgIpc) is 3.16. The van der Waals surface area contributed by atoms with Gasteiger partial charge in [0.2, 0.25) is 0 Å². The number of anilines is 1. The lowest BCUT2D eigenvalue weighted by Crippen LogP contribution is -2.07. The lowest BCUT2D eigenvalue weighted by Gasteiger charge is -2.09. The number of nitrogens with zero attached hydrogens (tertiary/aromatic N) is 4. The van der Waals surface area contributed by atoms with E-state index in [0.29, 0.717) is 6.54 Å². The van der Waals surface area contributed by atoms with Gasteiger partial charge in [0, 0.05) is 37.0 Å². The fourth-order valence-corrected chi connectivity index (χ4v) is 2.16. The fourth-order valence-electron chi connectivity index (χ4n) is 2.16. The number of aromatic nitrogens is 4. The third-order valence-electron chi connectivity index (χ3n) is 3.21. The number of rotatable bonds is 5. The zero-order valence-electron chi connectivity index (χ0n) is 11.4. The molecular formula is C15H17N5. The SMILES string of the molecule is CCn1ccnc1CNc1cccc(-n2cccn2)c1. The Bertz CT molecular complexity index is 669. The summed E-state index contributed by atoms with van der Waals surface area (Å²) in [6, 6.07) is 10.1. The summed E-state index contributed by atoms with van der Waals surface area (Å²) < 4.78 is 3.97. The Balaban J connectivity index is 1.74. The van der Waals surface area contributed by atoms with Gasteiger partial charge in [0.15, 0.2) is 0 Å². The van der Waals surface area contributed by atoms with Crippen LogP contribution in [-0.2, 0) is 13.1 Å². The van der Waals surface area contributed by atoms with Gasteiger partial charge < -0.3 is 9.88 Å². The maximum absolute atomic E-state index is 4.36. The van der Waals surface area contributed by atoms with E-state index in [-0.39, 0.29) is 0 Å². The molecule has 0 saturated carbocycles. The van der Waals surface area contributed by atoms with E-state index in [4.69, 9.17) is 0 Å². The molecule has 2 aromatic heterocycles. The zero-order chi connectivity index (χ0) is 13.8. The molecule has 0 saturated heterocycles. The molecule has 0 bridgehead atoms. The van der Waals surface area contributed by atoms with Gasteiger partial charge in [-0.15, -0.1) is 0 Å². The van der Waals surface area contributed by atoms with Gasteiger partial charge in [0.25, 0.3) is 0 Å². The zero-order valence-corrected chi connectivity index (χ0v) is 11.4. The lowest BCUT2D eigenvalue weighted by atomic mass is 10.2. The topological polar surface area (TPSA) is 47.7 Å². The van der Waals surface area contributed by atoms with Crippen molar-refractivity contribution >= 4 is 5.69 Å². The molecule has 0 radical (unpaired) electrons. The van der Waals surface area contributed by atoms with E-state index in [0.717, 1.165) is 23.7 Å². The van der Waals surface area contributed by atoms with E-state index in [9.17, 15) is 0 Å². The summed E-state index contributed by atoms with van der Waals surface area (Å²) in [5, 5.41) is 7.64. The van der Waals surface area contributed by atoms with E-state index in [1.165, 1.54) is 0 Å². The summed E-state index contributed by atoms with van der Waals surface area (Å²) in [4.78, 5) is 4.36. The molecule has 0 aliphatic heterocycles. The quantitative estimate of drug-likeness (QED) is 0.773. The van der Waals surface area contributed by atoms with Crippen molar-refractivity contribution in [1.29, 1.82) is 0 Å². The number of benzene rings is 1. The first kappa shape index (κ1) is 12.5. The minimum atomic E-state index is 0.712. The highest BCUT2D eigenvalue weighted by Gasteiger charge is 2.02. The van der Waals surface area contributed by atoms with Crippen molar-refractivity contribution in [3.8, 4) is 5.69 Å². The average molecular weight is 267 g/mol. The van der Waals surface area contributed by atoms with Crippen LogP contribution in [0.1, 0.15) is 12.7 Å². The molecule has 0 aliphatic carbocycles. The molecule has 3 rings (SSSR count). The van der Waals surface area contributed by atoms with E-state index in [1.807, 2.05) is 47.5 Å². The van der Waals surface area contributed by atoms with Gasteiger partial charge in [0.1, 0.15) is 5.82 Å². The normalized spacial score (nSPS) is 10.7. The molecule has 3 aromatic rings. The number of hydrogen-bond acceptors (Lipinski definition) is 3. The van der Waals surface area contributed by atoms with Crippen LogP contribution in [0.2, 0.25) is 0 Å². The van der Waals surface area contributed by atoms with Gasteiger partial charge in [0.05, 0.1) is 12.2 Å². The van der Waals surface area contributed by atoms with Gasteiger partial charge in [-0.3, -0.25) is 0 Å². The molecule has 102 valence electrons. The van der Waals surface area contributed by atoms with Crippen LogP contribution in [0.4, 0.5) is 5.69 Å². The van der Waals surface area contributed by atoms with Gasteiger partial charge in [-0.2, -0.15) is 5.10 Å². The summed E-state index contributed by atoms with van der Waals surface area (Å²) >= 11 is 0. The van der Waals surface area contributed by atoms with Crippen LogP contribution in [0, 0.1) is 0 Å². The Morgan fingerprint density at radius 2 is 2.10 bits per heavy atom. The minimum Gasteiger partial charge on any atom is -0.378 e. The largest absolute Gasteiger partial charge is 0.378 e. The van der Waals surface area contributed by atoms with Crippen LogP contribution in [0.3, 0.4) is 0 Å². The molecule has 5 nitrogen and oxygen atoms in total. The predicted molar refractivity (Wildman–Crippen MR) is 78.8 cm³/mol. The standard InChI is InChI=1S/C15H17N5/c1-2-19-10-8-16-15(19)12-17-13-5-3-6-14(11-13)20-9-4-7-18-20/h3-11,17H,2,12H2,1H3. The molecule has 20 heavy (non-hydrogen) atoms. The Morgan fingerprint density at radius 3 is 2.90 bits per heavy atom. The van der Waals surface area contributed by atoms with Crippen LogP contribution in [0.15, 0.2) is 55.1 Å². The molecule has 2 heterocycles. The van der Waals surface area contributed by atoms with Gasteiger partial charge in [-0.1, -0.05) is 6.07 Å². The molecule has 0 aliphatic rings. The van der Waals surface area contributed by atoms with Crippen molar-refractivity contribution in [3.63, 3.8) is 0 Å². The van der Waals surface area contributed by atoms with Crippen LogP contribution < -0.4 is 5.32 Å². The Morgan fingerprint density at radius 1 is 1.15 bits per heavy atom. The van der Waals surface area contributed by atoms with Crippen LogP contribution >= 0.6 is 0 Å². The minimum absolute atomic E-state index is 0.712. The number of hydrogen-bond donors (Lipinski definition) is 1. The predicted octanol–water partition coefficient (Wildman–Crippen LogP) is 2.70. The first-order chi connectivity index (χ1) is 9.86. The Kier molecular flexibility index (Phi) is 3.50. The van der Waals surface area contributed by atoms with E-state index in [2.05, 4.69) is 33.0 Å². The second-order valence-electron chi connectivity index (χ2n) is 4.48. The molecule has 1 N–H and O–H groups in total. The summed E-state index contributed by atoms with van der Waals surface area (Å²) in [6.07, 6.45) is 7.54. The third kappa shape index (κ3) is 2.56. The first-order valence-electron chi connectivity index (χ1n) is 6.71. The first-order valence-corrected chi connectivity index (χ1v) is 6.71. The van der Waals surface area contributed by atoms with Gasteiger partial charge in [-0.25, -0.2) is 9.67 Å². The van der Waals surface area contributed by atoms with Crippen LogP contribution in [0.5, 0.6) is 0 Å². The smallest absolute Gasteiger partial charge is 0.128 e. The van der Waals surface area contributed by atoms with Crippen molar-refractivity contribution in [1.82, 2.24) is 19.3 Å². The van der Waals surface area contributed by atoms with Crippen molar-refractivity contribution < 1.29 is 0 Å². The molecule has 0 atom stereocenters. The van der Waals surface area contributed by atoms with Crippen molar-refractivity contribution in [2.75, 3.05) is 5.32 Å². The Hall–Kier alpha value is -2.56. The molecule has 0 amide bonds. The summed E-state index contributed by atoms with van der Waals surface area (Å²) in [5.74, 6) is 1.04. The summed E-state index contributed by atoms with van der Waals surface area (Å²) in [7, 11) is 0. The van der Waals surface area contributed by atoms with Crippen molar-refractivity contribution in [2.45, 2.75) is 20.0 Å². The van der Waals surface area contributed by atoms with Gasteiger partial charge in [-0.05, 0) is 31.2 Å². The van der Waals surface area contributed by atoms with E-state index in [1.54, 1.807) is 6.20 Å². The number of nitrogens with one attached hydrogen (secondary N) is 1. The van der Waals surface area contributed by atoms with Crippen molar-refractivity contribution in [3.05, 3.63) is 60.9 Å². The highest BCUT2D eigenvalue weighted by atomic mass is 15.3. The highest BCUT2D eigenvalue weighted by molar-refractivity contribution is 5.50. The van der Waals surface area contributed by atoms with Crippen LogP contribution in [0.25, 0.3) is 5.69 Å². The number of aryl methyl sites for hydroxylation is 1. The maximum Gasteiger partial charge on any atom is 0.128 e. The van der Waals surface area contributed by atoms with Crippen LogP contribution in [-0.4, -0.2) is 19.3 Å².